The lowest BCUT2D eigenvalue weighted by molar-refractivity contribution is 0.201. The summed E-state index contributed by atoms with van der Waals surface area (Å²) in [6.07, 6.45) is 4.23. The molecule has 0 radical (unpaired) electrons. The van der Waals surface area contributed by atoms with Crippen LogP contribution in [0, 0.1) is 0 Å². The summed E-state index contributed by atoms with van der Waals surface area (Å²) in [4.78, 5) is 2.50. The van der Waals surface area contributed by atoms with Crippen LogP contribution in [0.1, 0.15) is 30.0 Å². The fourth-order valence-electron chi connectivity index (χ4n) is 2.97. The second kappa shape index (κ2) is 6.09. The highest BCUT2D eigenvalue weighted by Crippen LogP contribution is 2.28. The number of aromatic amines is 1. The van der Waals surface area contributed by atoms with Gasteiger partial charge in [-0.25, -0.2) is 0 Å². The molecule has 1 fully saturated rings. The van der Waals surface area contributed by atoms with Gasteiger partial charge in [0.1, 0.15) is 5.75 Å². The molecule has 0 bridgehead atoms. The average Bonchev–Trinajstić information content (AvgIpc) is 3.03. The summed E-state index contributed by atoms with van der Waals surface area (Å²) in [5.74, 6) is 1.62. The summed E-state index contributed by atoms with van der Waals surface area (Å²) in [7, 11) is 1.74. The number of benzene rings is 1. The Morgan fingerprint density at radius 3 is 2.75 bits per heavy atom. The Morgan fingerprint density at radius 1 is 1.25 bits per heavy atom. The topological polar surface area (TPSA) is 41.1 Å². The van der Waals surface area contributed by atoms with E-state index in [1.807, 2.05) is 18.3 Å². The summed E-state index contributed by atoms with van der Waals surface area (Å²) in [6.45, 7) is 3.23. The molecule has 20 heavy (non-hydrogen) atoms. The van der Waals surface area contributed by atoms with Crippen molar-refractivity contribution in [3.63, 3.8) is 0 Å². The van der Waals surface area contributed by atoms with E-state index in [1.54, 1.807) is 7.11 Å². The van der Waals surface area contributed by atoms with Crippen molar-refractivity contribution < 1.29 is 4.74 Å². The number of hydrogen-bond donors (Lipinski definition) is 1. The first-order valence-corrected chi connectivity index (χ1v) is 7.20. The normalized spacial score (nSPS) is 17.2. The molecule has 106 valence electrons. The van der Waals surface area contributed by atoms with Gasteiger partial charge in [0, 0.05) is 29.9 Å². The first kappa shape index (κ1) is 13.2. The monoisotopic (exact) mass is 271 g/mol. The van der Waals surface area contributed by atoms with Crippen molar-refractivity contribution in [1.29, 1.82) is 0 Å². The number of aromatic nitrogens is 2. The lowest BCUT2D eigenvalue weighted by Crippen LogP contribution is -2.32. The molecule has 1 aliphatic rings. The Balaban J connectivity index is 1.58. The third-order valence-corrected chi connectivity index (χ3v) is 4.14. The molecule has 1 aromatic carbocycles. The van der Waals surface area contributed by atoms with Gasteiger partial charge < -0.3 is 4.74 Å². The van der Waals surface area contributed by atoms with Gasteiger partial charge in [0.2, 0.25) is 0 Å². The van der Waals surface area contributed by atoms with Gasteiger partial charge in [-0.05, 0) is 38.1 Å². The van der Waals surface area contributed by atoms with E-state index in [2.05, 4.69) is 33.3 Å². The fourth-order valence-corrected chi connectivity index (χ4v) is 2.97. The Bertz CT molecular complexity index is 530. The van der Waals surface area contributed by atoms with Crippen LogP contribution in [-0.4, -0.2) is 35.3 Å². The SMILES string of the molecule is COc1ccccc1CN1CCC(c2ccn[nH]2)CC1. The minimum absolute atomic E-state index is 0.631. The van der Waals surface area contributed by atoms with Crippen molar-refractivity contribution in [3.05, 3.63) is 47.8 Å². The maximum absolute atomic E-state index is 5.43. The molecular formula is C16H21N3O. The molecular weight excluding hydrogens is 250 g/mol. The molecule has 1 saturated heterocycles. The van der Waals surface area contributed by atoms with E-state index >= 15 is 0 Å². The largest absolute Gasteiger partial charge is 0.496 e. The molecule has 1 N–H and O–H groups in total. The minimum atomic E-state index is 0.631. The zero-order valence-corrected chi connectivity index (χ0v) is 11.9. The van der Waals surface area contributed by atoms with Crippen LogP contribution in [-0.2, 0) is 6.54 Å². The average molecular weight is 271 g/mol. The van der Waals surface area contributed by atoms with Gasteiger partial charge in [-0.3, -0.25) is 10.00 Å². The van der Waals surface area contributed by atoms with Gasteiger partial charge in [0.05, 0.1) is 7.11 Å². The smallest absolute Gasteiger partial charge is 0.123 e. The predicted molar refractivity (Wildman–Crippen MR) is 78.8 cm³/mol. The number of nitrogens with one attached hydrogen (secondary N) is 1. The number of H-pyrrole nitrogens is 1. The number of hydrogen-bond acceptors (Lipinski definition) is 3. The lowest BCUT2D eigenvalue weighted by atomic mass is 9.93. The number of methoxy groups -OCH3 is 1. The van der Waals surface area contributed by atoms with E-state index in [0.717, 1.165) is 25.4 Å². The molecule has 3 rings (SSSR count). The summed E-state index contributed by atoms with van der Waals surface area (Å²) in [5, 5.41) is 7.15. The highest BCUT2D eigenvalue weighted by molar-refractivity contribution is 5.33. The van der Waals surface area contributed by atoms with Crippen LogP contribution in [0.4, 0.5) is 0 Å². The predicted octanol–water partition coefficient (Wildman–Crippen LogP) is 2.80. The van der Waals surface area contributed by atoms with E-state index in [0.29, 0.717) is 5.92 Å². The van der Waals surface area contributed by atoms with Gasteiger partial charge in [0.25, 0.3) is 0 Å². The minimum Gasteiger partial charge on any atom is -0.496 e. The third-order valence-electron chi connectivity index (χ3n) is 4.14. The lowest BCUT2D eigenvalue weighted by Gasteiger charge is -2.31. The van der Waals surface area contributed by atoms with Crippen molar-refractivity contribution in [1.82, 2.24) is 15.1 Å². The number of ether oxygens (including phenoxy) is 1. The van der Waals surface area contributed by atoms with E-state index < -0.39 is 0 Å². The second-order valence-corrected chi connectivity index (χ2v) is 5.37. The van der Waals surface area contributed by atoms with E-state index in [4.69, 9.17) is 4.74 Å². The first-order valence-electron chi connectivity index (χ1n) is 7.20. The van der Waals surface area contributed by atoms with Crippen LogP contribution in [0.25, 0.3) is 0 Å². The molecule has 2 aromatic rings. The summed E-state index contributed by atoms with van der Waals surface area (Å²) in [5.41, 5.74) is 2.55. The maximum atomic E-state index is 5.43. The Kier molecular flexibility index (Phi) is 4.02. The van der Waals surface area contributed by atoms with Gasteiger partial charge in [0.15, 0.2) is 0 Å². The standard InChI is InChI=1S/C16H21N3O/c1-20-16-5-3-2-4-14(16)12-19-10-7-13(8-11-19)15-6-9-17-18-15/h2-6,9,13H,7-8,10-12H2,1H3,(H,17,18). The third kappa shape index (κ3) is 2.85. The van der Waals surface area contributed by atoms with Crippen molar-refractivity contribution in [2.24, 2.45) is 0 Å². The fraction of sp³-hybridized carbons (Fsp3) is 0.438. The van der Waals surface area contributed by atoms with E-state index in [-0.39, 0.29) is 0 Å². The van der Waals surface area contributed by atoms with E-state index in [1.165, 1.54) is 24.1 Å². The van der Waals surface area contributed by atoms with Crippen molar-refractivity contribution in [2.75, 3.05) is 20.2 Å². The number of rotatable bonds is 4. The van der Waals surface area contributed by atoms with E-state index in [9.17, 15) is 0 Å². The summed E-state index contributed by atoms with van der Waals surface area (Å²) in [6, 6.07) is 10.4. The molecule has 0 amide bonds. The molecule has 1 aliphatic heterocycles. The molecule has 1 aromatic heterocycles. The number of nitrogens with zero attached hydrogens (tertiary/aromatic N) is 2. The van der Waals surface area contributed by atoms with Gasteiger partial charge >= 0.3 is 0 Å². The van der Waals surface area contributed by atoms with Crippen molar-refractivity contribution in [3.8, 4) is 5.75 Å². The quantitative estimate of drug-likeness (QED) is 0.929. The zero-order valence-electron chi connectivity index (χ0n) is 11.9. The first-order chi connectivity index (χ1) is 9.86. The number of para-hydroxylation sites is 1. The Morgan fingerprint density at radius 2 is 2.05 bits per heavy atom. The molecule has 0 saturated carbocycles. The van der Waals surface area contributed by atoms with Crippen LogP contribution in [0.2, 0.25) is 0 Å². The second-order valence-electron chi connectivity index (χ2n) is 5.37. The zero-order chi connectivity index (χ0) is 13.8. The maximum Gasteiger partial charge on any atom is 0.123 e. The molecule has 2 heterocycles. The van der Waals surface area contributed by atoms with Crippen molar-refractivity contribution >= 4 is 0 Å². The molecule has 4 heteroatoms. The van der Waals surface area contributed by atoms with Crippen LogP contribution < -0.4 is 4.74 Å². The highest BCUT2D eigenvalue weighted by Gasteiger charge is 2.21. The van der Waals surface area contributed by atoms with Crippen LogP contribution >= 0.6 is 0 Å². The van der Waals surface area contributed by atoms with Gasteiger partial charge in [-0.15, -0.1) is 0 Å². The molecule has 0 unspecified atom stereocenters. The van der Waals surface area contributed by atoms with Gasteiger partial charge in [-0.1, -0.05) is 18.2 Å². The number of likely N-dealkylation sites (tertiary alicyclic amines) is 1. The van der Waals surface area contributed by atoms with Crippen molar-refractivity contribution in [2.45, 2.75) is 25.3 Å². The van der Waals surface area contributed by atoms with Gasteiger partial charge in [-0.2, -0.15) is 5.10 Å². The molecule has 0 spiro atoms. The van der Waals surface area contributed by atoms with Crippen LogP contribution in [0.5, 0.6) is 5.75 Å². The highest BCUT2D eigenvalue weighted by atomic mass is 16.5. The Hall–Kier alpha value is -1.81. The van der Waals surface area contributed by atoms with Crippen LogP contribution in [0.15, 0.2) is 36.5 Å². The van der Waals surface area contributed by atoms with Crippen LogP contribution in [0.3, 0.4) is 0 Å². The Labute approximate surface area is 119 Å². The summed E-state index contributed by atoms with van der Waals surface area (Å²) < 4.78 is 5.43. The molecule has 4 nitrogen and oxygen atoms in total. The summed E-state index contributed by atoms with van der Waals surface area (Å²) >= 11 is 0. The number of piperidine rings is 1. The molecule has 0 aliphatic carbocycles. The molecule has 0 atom stereocenters.